The van der Waals surface area contributed by atoms with Crippen LogP contribution in [0.3, 0.4) is 0 Å². The molecule has 1 aromatic carbocycles. The quantitative estimate of drug-likeness (QED) is 0.737. The molecule has 1 aromatic rings. The Kier molecular flexibility index (Phi) is 2.17. The van der Waals surface area contributed by atoms with Crippen LogP contribution >= 0.6 is 15.9 Å². The molecule has 0 aromatic heterocycles. The van der Waals surface area contributed by atoms with Gasteiger partial charge in [-0.2, -0.15) is 0 Å². The number of halogens is 1. The predicted molar refractivity (Wildman–Crippen MR) is 48.5 cm³/mol. The first kappa shape index (κ1) is 8.23. The molecule has 1 heterocycles. The summed E-state index contributed by atoms with van der Waals surface area (Å²) >= 11 is 3.36. The molecule has 0 aliphatic carbocycles. The van der Waals surface area contributed by atoms with E-state index in [2.05, 4.69) is 15.9 Å². The third kappa shape index (κ3) is 1.53. The van der Waals surface area contributed by atoms with Gasteiger partial charge in [0.2, 0.25) is 0 Å². The van der Waals surface area contributed by atoms with E-state index in [-0.39, 0.29) is 12.6 Å². The average Bonchev–Trinajstić information content (AvgIpc) is 2.01. The van der Waals surface area contributed by atoms with E-state index in [1.807, 2.05) is 31.2 Å². The Morgan fingerprint density at radius 1 is 1.17 bits per heavy atom. The van der Waals surface area contributed by atoms with E-state index in [1.165, 1.54) is 0 Å². The monoisotopic (exact) mass is 228 g/mol. The molecule has 2 rings (SSSR count). The molecule has 0 spiro atoms. The van der Waals surface area contributed by atoms with E-state index >= 15 is 0 Å². The van der Waals surface area contributed by atoms with Crippen LogP contribution in [0, 0.1) is 0 Å². The van der Waals surface area contributed by atoms with E-state index in [1.54, 1.807) is 0 Å². The van der Waals surface area contributed by atoms with Crippen molar-refractivity contribution < 1.29 is 9.47 Å². The standard InChI is InChI=1S/C9H9BrO2/c1-6-11-9(12-6)7-2-4-8(10)5-3-7/h2-6,9H,1H3. The molecule has 1 aliphatic heterocycles. The van der Waals surface area contributed by atoms with Gasteiger partial charge >= 0.3 is 0 Å². The third-order valence-electron chi connectivity index (χ3n) is 1.77. The van der Waals surface area contributed by atoms with Crippen LogP contribution in [0.4, 0.5) is 0 Å². The fourth-order valence-corrected chi connectivity index (χ4v) is 1.40. The lowest BCUT2D eigenvalue weighted by Gasteiger charge is -2.33. The molecule has 1 aliphatic rings. The number of benzene rings is 1. The third-order valence-corrected chi connectivity index (χ3v) is 2.30. The number of hydrogen-bond acceptors (Lipinski definition) is 2. The van der Waals surface area contributed by atoms with Gasteiger partial charge in [0.05, 0.1) is 0 Å². The van der Waals surface area contributed by atoms with E-state index in [4.69, 9.17) is 9.47 Å². The largest absolute Gasteiger partial charge is 0.320 e. The van der Waals surface area contributed by atoms with Crippen molar-refractivity contribution in [2.45, 2.75) is 19.5 Å². The highest BCUT2D eigenvalue weighted by Gasteiger charge is 2.27. The normalized spacial score (nSPS) is 28.2. The minimum Gasteiger partial charge on any atom is -0.320 e. The van der Waals surface area contributed by atoms with Gasteiger partial charge in [0, 0.05) is 10.0 Å². The van der Waals surface area contributed by atoms with E-state index in [0.29, 0.717) is 0 Å². The first-order chi connectivity index (χ1) is 5.75. The summed E-state index contributed by atoms with van der Waals surface area (Å²) in [7, 11) is 0. The maximum atomic E-state index is 5.33. The molecule has 3 heteroatoms. The maximum Gasteiger partial charge on any atom is 0.189 e. The second kappa shape index (κ2) is 3.17. The zero-order valence-corrected chi connectivity index (χ0v) is 8.24. The maximum absolute atomic E-state index is 5.33. The molecule has 12 heavy (non-hydrogen) atoms. The Bertz CT molecular complexity index is 264. The molecule has 0 atom stereocenters. The van der Waals surface area contributed by atoms with Gasteiger partial charge in [-0.3, -0.25) is 0 Å². The molecule has 0 amide bonds. The van der Waals surface area contributed by atoms with Crippen LogP contribution in [0.1, 0.15) is 18.8 Å². The first-order valence-electron chi connectivity index (χ1n) is 3.82. The van der Waals surface area contributed by atoms with Crippen LogP contribution in [0.15, 0.2) is 28.7 Å². The van der Waals surface area contributed by atoms with Crippen molar-refractivity contribution >= 4 is 15.9 Å². The molecular formula is C9H9BrO2. The van der Waals surface area contributed by atoms with Crippen LogP contribution in [-0.4, -0.2) is 6.29 Å². The molecule has 64 valence electrons. The zero-order valence-electron chi connectivity index (χ0n) is 6.66. The van der Waals surface area contributed by atoms with Crippen molar-refractivity contribution in [3.8, 4) is 0 Å². The number of ether oxygens (including phenoxy) is 2. The van der Waals surface area contributed by atoms with Crippen molar-refractivity contribution in [2.24, 2.45) is 0 Å². The Labute approximate surface area is 79.6 Å². The highest BCUT2D eigenvalue weighted by molar-refractivity contribution is 9.10. The molecular weight excluding hydrogens is 220 g/mol. The SMILES string of the molecule is CC1OC(c2ccc(Br)cc2)O1. The predicted octanol–water partition coefficient (Wildman–Crippen LogP) is 2.84. The van der Waals surface area contributed by atoms with Crippen molar-refractivity contribution in [3.05, 3.63) is 34.3 Å². The number of hydrogen-bond donors (Lipinski definition) is 0. The van der Waals surface area contributed by atoms with Gasteiger partial charge in [-0.25, -0.2) is 0 Å². The molecule has 0 saturated carbocycles. The molecule has 0 N–H and O–H groups in total. The Hall–Kier alpha value is -0.380. The van der Waals surface area contributed by atoms with E-state index < -0.39 is 0 Å². The second-order valence-electron chi connectivity index (χ2n) is 2.72. The molecule has 1 saturated heterocycles. The summed E-state index contributed by atoms with van der Waals surface area (Å²) in [5.74, 6) is 0. The minimum absolute atomic E-state index is 0.0568. The van der Waals surface area contributed by atoms with Gasteiger partial charge in [-0.1, -0.05) is 28.1 Å². The van der Waals surface area contributed by atoms with Gasteiger partial charge in [0.25, 0.3) is 0 Å². The summed E-state index contributed by atoms with van der Waals surface area (Å²) < 4.78 is 11.7. The summed E-state index contributed by atoms with van der Waals surface area (Å²) in [6.07, 6.45) is -0.216. The second-order valence-corrected chi connectivity index (χ2v) is 3.64. The lowest BCUT2D eigenvalue weighted by molar-refractivity contribution is -0.382. The summed E-state index contributed by atoms with van der Waals surface area (Å²) in [4.78, 5) is 0. The molecule has 0 unspecified atom stereocenters. The van der Waals surface area contributed by atoms with E-state index in [0.717, 1.165) is 10.0 Å². The molecule has 0 bridgehead atoms. The van der Waals surface area contributed by atoms with Gasteiger partial charge < -0.3 is 9.47 Å². The fourth-order valence-electron chi connectivity index (χ4n) is 1.14. The lowest BCUT2D eigenvalue weighted by Crippen LogP contribution is -2.31. The van der Waals surface area contributed by atoms with Crippen molar-refractivity contribution in [2.75, 3.05) is 0 Å². The average molecular weight is 229 g/mol. The summed E-state index contributed by atoms with van der Waals surface area (Å²) in [6.45, 7) is 1.88. The summed E-state index contributed by atoms with van der Waals surface area (Å²) in [5, 5.41) is 0. The van der Waals surface area contributed by atoms with Crippen LogP contribution in [0.25, 0.3) is 0 Å². The highest BCUT2D eigenvalue weighted by atomic mass is 79.9. The van der Waals surface area contributed by atoms with Gasteiger partial charge in [-0.05, 0) is 19.1 Å². The molecule has 0 radical (unpaired) electrons. The summed E-state index contributed by atoms with van der Waals surface area (Å²) in [5.41, 5.74) is 1.07. The highest BCUT2D eigenvalue weighted by Crippen LogP contribution is 2.31. The Morgan fingerprint density at radius 2 is 1.75 bits per heavy atom. The van der Waals surface area contributed by atoms with Crippen LogP contribution in [-0.2, 0) is 9.47 Å². The van der Waals surface area contributed by atoms with Crippen molar-refractivity contribution in [1.82, 2.24) is 0 Å². The van der Waals surface area contributed by atoms with Gasteiger partial charge in [0.1, 0.15) is 0 Å². The van der Waals surface area contributed by atoms with Crippen LogP contribution < -0.4 is 0 Å². The summed E-state index contributed by atoms with van der Waals surface area (Å²) in [6, 6.07) is 7.93. The fraction of sp³-hybridized carbons (Fsp3) is 0.333. The van der Waals surface area contributed by atoms with Gasteiger partial charge in [0.15, 0.2) is 12.6 Å². The Balaban J connectivity index is 2.09. The number of rotatable bonds is 1. The van der Waals surface area contributed by atoms with Crippen molar-refractivity contribution in [1.29, 1.82) is 0 Å². The molecule has 1 fully saturated rings. The molecule has 2 nitrogen and oxygen atoms in total. The smallest absolute Gasteiger partial charge is 0.189 e. The zero-order chi connectivity index (χ0) is 8.55. The first-order valence-corrected chi connectivity index (χ1v) is 4.61. The topological polar surface area (TPSA) is 18.5 Å². The van der Waals surface area contributed by atoms with Crippen LogP contribution in [0.5, 0.6) is 0 Å². The minimum atomic E-state index is -0.159. The van der Waals surface area contributed by atoms with Crippen LogP contribution in [0.2, 0.25) is 0 Å². The lowest BCUT2D eigenvalue weighted by atomic mass is 10.2. The Morgan fingerprint density at radius 3 is 2.25 bits per heavy atom. The van der Waals surface area contributed by atoms with E-state index in [9.17, 15) is 0 Å². The van der Waals surface area contributed by atoms with Crippen molar-refractivity contribution in [3.63, 3.8) is 0 Å². The van der Waals surface area contributed by atoms with Gasteiger partial charge in [-0.15, -0.1) is 0 Å².